The molecule has 2 heterocycles. The lowest BCUT2D eigenvalue weighted by Gasteiger charge is -2.06. The molecule has 0 saturated heterocycles. The van der Waals surface area contributed by atoms with Gasteiger partial charge >= 0.3 is 6.03 Å². The Morgan fingerprint density at radius 2 is 1.85 bits per heavy atom. The van der Waals surface area contributed by atoms with Crippen LogP contribution in [-0.4, -0.2) is 27.5 Å². The van der Waals surface area contributed by atoms with Crippen LogP contribution in [0.5, 0.6) is 0 Å². The predicted octanol–water partition coefficient (Wildman–Crippen LogP) is 2.46. The minimum absolute atomic E-state index is 0.282. The van der Waals surface area contributed by atoms with Crippen molar-refractivity contribution in [3.05, 3.63) is 36.9 Å². The second kappa shape index (κ2) is 7.18. The van der Waals surface area contributed by atoms with Gasteiger partial charge in [0.1, 0.15) is 0 Å². The fourth-order valence-electron chi connectivity index (χ4n) is 1.61. The molecule has 0 bridgehead atoms. The molecule has 2 aromatic rings. The molecule has 0 aliphatic heterocycles. The predicted molar refractivity (Wildman–Crippen MR) is 77.2 cm³/mol. The normalized spacial score (nSPS) is 10.1. The Hall–Kier alpha value is -2.50. The summed E-state index contributed by atoms with van der Waals surface area (Å²) in [5.41, 5.74) is 1.86. The first kappa shape index (κ1) is 13.9. The van der Waals surface area contributed by atoms with Crippen LogP contribution in [0.15, 0.2) is 36.9 Å². The van der Waals surface area contributed by atoms with Crippen LogP contribution < -0.4 is 10.6 Å². The standard InChI is InChI=1S/C14H17N5O/c1-2-3-6-16-14(20)19-13-17-9-12(10-18-13)11-4-7-15-8-5-11/h4-5,7-10H,2-3,6H2,1H3,(H2,16,17,18,19,20). The summed E-state index contributed by atoms with van der Waals surface area (Å²) in [5.74, 6) is 0.289. The van der Waals surface area contributed by atoms with Crippen LogP contribution in [0.1, 0.15) is 19.8 Å². The molecule has 0 aliphatic carbocycles. The van der Waals surface area contributed by atoms with E-state index >= 15 is 0 Å². The van der Waals surface area contributed by atoms with Crippen LogP contribution in [0.2, 0.25) is 0 Å². The van der Waals surface area contributed by atoms with Crippen molar-refractivity contribution in [2.24, 2.45) is 0 Å². The molecule has 0 unspecified atom stereocenters. The van der Waals surface area contributed by atoms with Gasteiger partial charge in [0.05, 0.1) is 0 Å². The van der Waals surface area contributed by atoms with E-state index in [4.69, 9.17) is 0 Å². The number of carbonyl (C=O) groups is 1. The van der Waals surface area contributed by atoms with Gasteiger partial charge in [0.2, 0.25) is 5.95 Å². The molecule has 6 heteroatoms. The zero-order valence-corrected chi connectivity index (χ0v) is 11.3. The molecule has 2 amide bonds. The maximum absolute atomic E-state index is 11.5. The molecule has 104 valence electrons. The van der Waals surface area contributed by atoms with Gasteiger partial charge in [-0.25, -0.2) is 14.8 Å². The molecule has 2 rings (SSSR count). The molecule has 0 radical (unpaired) electrons. The number of hydrogen-bond acceptors (Lipinski definition) is 4. The lowest BCUT2D eigenvalue weighted by molar-refractivity contribution is 0.252. The number of rotatable bonds is 5. The van der Waals surface area contributed by atoms with Crippen LogP contribution in [0.4, 0.5) is 10.7 Å². The third-order valence-corrected chi connectivity index (χ3v) is 2.71. The second-order valence-electron chi connectivity index (χ2n) is 4.27. The van der Waals surface area contributed by atoms with E-state index in [0.29, 0.717) is 6.54 Å². The van der Waals surface area contributed by atoms with Gasteiger partial charge in [-0.15, -0.1) is 0 Å². The largest absolute Gasteiger partial charge is 0.338 e. The van der Waals surface area contributed by atoms with E-state index in [-0.39, 0.29) is 12.0 Å². The highest BCUT2D eigenvalue weighted by molar-refractivity contribution is 5.87. The van der Waals surface area contributed by atoms with Gasteiger partial charge in [0.15, 0.2) is 0 Å². The smallest absolute Gasteiger partial charge is 0.321 e. The highest BCUT2D eigenvalue weighted by atomic mass is 16.2. The summed E-state index contributed by atoms with van der Waals surface area (Å²) >= 11 is 0. The number of aromatic nitrogens is 3. The van der Waals surface area contributed by atoms with E-state index in [1.54, 1.807) is 24.8 Å². The summed E-state index contributed by atoms with van der Waals surface area (Å²) in [4.78, 5) is 23.7. The number of pyridine rings is 1. The number of nitrogens with one attached hydrogen (secondary N) is 2. The minimum Gasteiger partial charge on any atom is -0.338 e. The first-order valence-electron chi connectivity index (χ1n) is 6.57. The maximum atomic E-state index is 11.5. The van der Waals surface area contributed by atoms with Crippen LogP contribution in [-0.2, 0) is 0 Å². The Labute approximate surface area is 117 Å². The highest BCUT2D eigenvalue weighted by Gasteiger charge is 2.04. The third kappa shape index (κ3) is 4.01. The lowest BCUT2D eigenvalue weighted by Crippen LogP contribution is -2.30. The summed E-state index contributed by atoms with van der Waals surface area (Å²) in [6.45, 7) is 2.72. The fourth-order valence-corrected chi connectivity index (χ4v) is 1.61. The number of unbranched alkanes of at least 4 members (excludes halogenated alkanes) is 1. The number of amides is 2. The van der Waals surface area contributed by atoms with Crippen LogP contribution >= 0.6 is 0 Å². The van der Waals surface area contributed by atoms with Crippen molar-refractivity contribution in [1.29, 1.82) is 0 Å². The molecule has 0 atom stereocenters. The molecular weight excluding hydrogens is 254 g/mol. The highest BCUT2D eigenvalue weighted by Crippen LogP contribution is 2.16. The van der Waals surface area contributed by atoms with Gasteiger partial charge in [-0.05, 0) is 24.1 Å². The Morgan fingerprint density at radius 3 is 2.50 bits per heavy atom. The summed E-state index contributed by atoms with van der Waals surface area (Å²) in [6.07, 6.45) is 8.76. The Balaban J connectivity index is 1.93. The van der Waals surface area contributed by atoms with E-state index in [0.717, 1.165) is 24.0 Å². The summed E-state index contributed by atoms with van der Waals surface area (Å²) < 4.78 is 0. The fraction of sp³-hybridized carbons (Fsp3) is 0.286. The van der Waals surface area contributed by atoms with Gasteiger partial charge in [-0.1, -0.05) is 13.3 Å². The van der Waals surface area contributed by atoms with E-state index in [2.05, 4.69) is 32.5 Å². The first-order valence-corrected chi connectivity index (χ1v) is 6.57. The molecular formula is C14H17N5O. The summed E-state index contributed by atoms with van der Waals surface area (Å²) in [7, 11) is 0. The molecule has 0 aromatic carbocycles. The second-order valence-corrected chi connectivity index (χ2v) is 4.27. The molecule has 0 saturated carbocycles. The van der Waals surface area contributed by atoms with Crippen molar-refractivity contribution in [1.82, 2.24) is 20.3 Å². The Morgan fingerprint density at radius 1 is 1.15 bits per heavy atom. The summed E-state index contributed by atoms with van der Waals surface area (Å²) in [5, 5.41) is 5.33. The molecule has 6 nitrogen and oxygen atoms in total. The number of urea groups is 1. The maximum Gasteiger partial charge on any atom is 0.321 e. The van der Waals surface area contributed by atoms with Gasteiger partial charge in [0.25, 0.3) is 0 Å². The van der Waals surface area contributed by atoms with Gasteiger partial charge < -0.3 is 5.32 Å². The van der Waals surface area contributed by atoms with Crippen molar-refractivity contribution in [3.63, 3.8) is 0 Å². The average molecular weight is 271 g/mol. The topological polar surface area (TPSA) is 79.8 Å². The molecule has 0 fully saturated rings. The number of hydrogen-bond donors (Lipinski definition) is 2. The van der Waals surface area contributed by atoms with Crippen molar-refractivity contribution >= 4 is 12.0 Å². The average Bonchev–Trinajstić information content (AvgIpc) is 2.49. The summed E-state index contributed by atoms with van der Waals surface area (Å²) in [6, 6.07) is 3.47. The molecule has 2 N–H and O–H groups in total. The van der Waals surface area contributed by atoms with Crippen molar-refractivity contribution in [2.45, 2.75) is 19.8 Å². The van der Waals surface area contributed by atoms with Gasteiger partial charge in [-0.3, -0.25) is 10.3 Å². The van der Waals surface area contributed by atoms with Crippen molar-refractivity contribution in [3.8, 4) is 11.1 Å². The first-order chi connectivity index (χ1) is 9.79. The van der Waals surface area contributed by atoms with Crippen LogP contribution in [0, 0.1) is 0 Å². The zero-order chi connectivity index (χ0) is 14.2. The Bertz CT molecular complexity index is 541. The van der Waals surface area contributed by atoms with E-state index in [1.807, 2.05) is 12.1 Å². The van der Waals surface area contributed by atoms with Crippen molar-refractivity contribution < 1.29 is 4.79 Å². The molecule has 20 heavy (non-hydrogen) atoms. The van der Waals surface area contributed by atoms with Crippen molar-refractivity contribution in [2.75, 3.05) is 11.9 Å². The quantitative estimate of drug-likeness (QED) is 0.819. The SMILES string of the molecule is CCCCNC(=O)Nc1ncc(-c2ccncc2)cn1. The van der Waals surface area contributed by atoms with Gasteiger partial charge in [-0.2, -0.15) is 0 Å². The minimum atomic E-state index is -0.282. The monoisotopic (exact) mass is 271 g/mol. The molecule has 0 aliphatic rings. The number of carbonyl (C=O) groups excluding carboxylic acids is 1. The lowest BCUT2D eigenvalue weighted by atomic mass is 10.1. The number of nitrogens with zero attached hydrogens (tertiary/aromatic N) is 3. The van der Waals surface area contributed by atoms with Crippen LogP contribution in [0.3, 0.4) is 0 Å². The zero-order valence-electron chi connectivity index (χ0n) is 11.3. The van der Waals surface area contributed by atoms with Gasteiger partial charge in [0, 0.05) is 36.9 Å². The molecule has 0 spiro atoms. The van der Waals surface area contributed by atoms with Crippen LogP contribution in [0.25, 0.3) is 11.1 Å². The number of anilines is 1. The van der Waals surface area contributed by atoms with E-state index in [1.165, 1.54) is 0 Å². The Kier molecular flexibility index (Phi) is 5.00. The third-order valence-electron chi connectivity index (χ3n) is 2.71. The van der Waals surface area contributed by atoms with E-state index in [9.17, 15) is 4.79 Å². The molecule has 2 aromatic heterocycles. The van der Waals surface area contributed by atoms with E-state index < -0.39 is 0 Å².